The van der Waals surface area contributed by atoms with E-state index in [1.54, 1.807) is 25.3 Å². The standard InChI is InChI=1S/C20H23NO4/c1-13(11-14-7-8-17-15(12-14)9-10-25-17)21-20(22)16-5-4-6-18(23-2)19(16)24-3/h4-8,12-13H,9-11H2,1-3H3,(H,21,22)/t13-/m1/s1. The van der Waals surface area contributed by atoms with Crippen LogP contribution >= 0.6 is 0 Å². The van der Waals surface area contributed by atoms with Crippen molar-refractivity contribution >= 4 is 5.91 Å². The first-order chi connectivity index (χ1) is 12.1. The van der Waals surface area contributed by atoms with Crippen molar-refractivity contribution in [2.45, 2.75) is 25.8 Å². The average Bonchev–Trinajstić information content (AvgIpc) is 3.08. The van der Waals surface area contributed by atoms with Gasteiger partial charge in [0.15, 0.2) is 11.5 Å². The lowest BCUT2D eigenvalue weighted by Gasteiger charge is -2.17. The SMILES string of the molecule is COc1cccc(C(=O)N[C@H](C)Cc2ccc3c(c2)CCO3)c1OC. The molecule has 1 atom stereocenters. The van der Waals surface area contributed by atoms with Crippen LogP contribution < -0.4 is 19.5 Å². The first kappa shape index (κ1) is 17.1. The Kier molecular flexibility index (Phi) is 5.12. The van der Waals surface area contributed by atoms with Gasteiger partial charge in [0.05, 0.1) is 26.4 Å². The summed E-state index contributed by atoms with van der Waals surface area (Å²) in [5, 5.41) is 3.03. The lowest BCUT2D eigenvalue weighted by atomic mass is 10.0. The molecule has 0 aliphatic carbocycles. The van der Waals surface area contributed by atoms with Crippen LogP contribution in [0.3, 0.4) is 0 Å². The van der Waals surface area contributed by atoms with Crippen LogP contribution in [0.2, 0.25) is 0 Å². The smallest absolute Gasteiger partial charge is 0.255 e. The van der Waals surface area contributed by atoms with Crippen molar-refractivity contribution in [1.82, 2.24) is 5.32 Å². The van der Waals surface area contributed by atoms with Crippen molar-refractivity contribution in [2.75, 3.05) is 20.8 Å². The van der Waals surface area contributed by atoms with E-state index in [0.29, 0.717) is 17.1 Å². The number of fused-ring (bicyclic) bond motifs is 1. The number of para-hydroxylation sites is 1. The van der Waals surface area contributed by atoms with Crippen molar-refractivity contribution in [3.05, 3.63) is 53.1 Å². The molecule has 1 heterocycles. The second kappa shape index (κ2) is 7.47. The number of hydrogen-bond donors (Lipinski definition) is 1. The highest BCUT2D eigenvalue weighted by Crippen LogP contribution is 2.30. The predicted octanol–water partition coefficient (Wildman–Crippen LogP) is 3.00. The average molecular weight is 341 g/mol. The highest BCUT2D eigenvalue weighted by atomic mass is 16.5. The molecule has 5 heteroatoms. The fourth-order valence-corrected chi connectivity index (χ4v) is 3.14. The summed E-state index contributed by atoms with van der Waals surface area (Å²) in [6, 6.07) is 11.5. The van der Waals surface area contributed by atoms with Crippen LogP contribution in [0.5, 0.6) is 17.2 Å². The molecule has 0 saturated carbocycles. The lowest BCUT2D eigenvalue weighted by molar-refractivity contribution is 0.0936. The molecule has 0 radical (unpaired) electrons. The highest BCUT2D eigenvalue weighted by molar-refractivity contribution is 5.98. The van der Waals surface area contributed by atoms with Gasteiger partial charge in [-0.1, -0.05) is 18.2 Å². The summed E-state index contributed by atoms with van der Waals surface area (Å²) in [7, 11) is 3.09. The maximum Gasteiger partial charge on any atom is 0.255 e. The maximum absolute atomic E-state index is 12.6. The minimum absolute atomic E-state index is 0.0104. The van der Waals surface area contributed by atoms with Crippen LogP contribution in [-0.4, -0.2) is 32.8 Å². The number of benzene rings is 2. The Morgan fingerprint density at radius 1 is 1.24 bits per heavy atom. The van der Waals surface area contributed by atoms with E-state index in [1.807, 2.05) is 13.0 Å². The topological polar surface area (TPSA) is 56.8 Å². The molecule has 0 spiro atoms. The lowest BCUT2D eigenvalue weighted by Crippen LogP contribution is -2.34. The Morgan fingerprint density at radius 2 is 2.08 bits per heavy atom. The number of carbonyl (C=O) groups is 1. The van der Waals surface area contributed by atoms with E-state index in [4.69, 9.17) is 14.2 Å². The molecular formula is C20H23NO4. The Labute approximate surface area is 147 Å². The van der Waals surface area contributed by atoms with E-state index in [0.717, 1.165) is 25.2 Å². The van der Waals surface area contributed by atoms with Gasteiger partial charge < -0.3 is 19.5 Å². The molecule has 0 saturated heterocycles. The van der Waals surface area contributed by atoms with Crippen molar-refractivity contribution in [3.8, 4) is 17.2 Å². The Bertz CT molecular complexity index is 772. The molecule has 132 valence electrons. The number of carbonyl (C=O) groups excluding carboxylic acids is 1. The number of rotatable bonds is 6. The quantitative estimate of drug-likeness (QED) is 0.877. The summed E-state index contributed by atoms with van der Waals surface area (Å²) >= 11 is 0. The molecule has 1 aliphatic rings. The van der Waals surface area contributed by atoms with E-state index in [9.17, 15) is 4.79 Å². The Hall–Kier alpha value is -2.69. The minimum atomic E-state index is -0.173. The molecule has 1 amide bonds. The second-order valence-electron chi connectivity index (χ2n) is 6.16. The van der Waals surface area contributed by atoms with E-state index in [2.05, 4.69) is 17.4 Å². The first-order valence-electron chi connectivity index (χ1n) is 8.39. The van der Waals surface area contributed by atoms with Gasteiger partial charge in [0.2, 0.25) is 0 Å². The van der Waals surface area contributed by atoms with Crippen molar-refractivity contribution in [1.29, 1.82) is 0 Å². The molecule has 3 rings (SSSR count). The van der Waals surface area contributed by atoms with Gasteiger partial charge in [-0.2, -0.15) is 0 Å². The molecule has 0 fully saturated rings. The van der Waals surface area contributed by atoms with E-state index in [-0.39, 0.29) is 11.9 Å². The third-order valence-corrected chi connectivity index (χ3v) is 4.32. The van der Waals surface area contributed by atoms with E-state index >= 15 is 0 Å². The zero-order valence-corrected chi connectivity index (χ0v) is 14.8. The van der Waals surface area contributed by atoms with Crippen LogP contribution in [-0.2, 0) is 12.8 Å². The number of hydrogen-bond acceptors (Lipinski definition) is 4. The number of nitrogens with one attached hydrogen (secondary N) is 1. The molecule has 0 aromatic heterocycles. The van der Waals surface area contributed by atoms with Gasteiger partial charge in [0, 0.05) is 12.5 Å². The second-order valence-corrected chi connectivity index (χ2v) is 6.16. The summed E-state index contributed by atoms with van der Waals surface area (Å²) in [6.45, 7) is 2.75. The molecule has 0 unspecified atom stereocenters. The van der Waals surface area contributed by atoms with Gasteiger partial charge in [0.25, 0.3) is 5.91 Å². The molecule has 1 aliphatic heterocycles. The highest BCUT2D eigenvalue weighted by Gasteiger charge is 2.19. The largest absolute Gasteiger partial charge is 0.493 e. The summed E-state index contributed by atoms with van der Waals surface area (Å²) < 4.78 is 16.1. The fourth-order valence-electron chi connectivity index (χ4n) is 3.14. The molecule has 0 bridgehead atoms. The molecule has 2 aromatic carbocycles. The van der Waals surface area contributed by atoms with Crippen LogP contribution in [0.1, 0.15) is 28.4 Å². The van der Waals surface area contributed by atoms with Gasteiger partial charge in [-0.3, -0.25) is 4.79 Å². The summed E-state index contributed by atoms with van der Waals surface area (Å²) in [5.41, 5.74) is 2.90. The summed E-state index contributed by atoms with van der Waals surface area (Å²) in [4.78, 5) is 12.6. The van der Waals surface area contributed by atoms with Gasteiger partial charge >= 0.3 is 0 Å². The van der Waals surface area contributed by atoms with Crippen LogP contribution in [0, 0.1) is 0 Å². The Morgan fingerprint density at radius 3 is 2.84 bits per heavy atom. The maximum atomic E-state index is 12.6. The monoisotopic (exact) mass is 341 g/mol. The number of methoxy groups -OCH3 is 2. The molecule has 1 N–H and O–H groups in total. The minimum Gasteiger partial charge on any atom is -0.493 e. The van der Waals surface area contributed by atoms with Crippen LogP contribution in [0.4, 0.5) is 0 Å². The third kappa shape index (κ3) is 3.71. The molecule has 25 heavy (non-hydrogen) atoms. The zero-order chi connectivity index (χ0) is 17.8. The fraction of sp³-hybridized carbons (Fsp3) is 0.350. The third-order valence-electron chi connectivity index (χ3n) is 4.32. The summed E-state index contributed by atoms with van der Waals surface area (Å²) in [5.74, 6) is 1.79. The van der Waals surface area contributed by atoms with Crippen molar-refractivity contribution < 1.29 is 19.0 Å². The van der Waals surface area contributed by atoms with Gasteiger partial charge in [-0.05, 0) is 42.7 Å². The van der Waals surface area contributed by atoms with E-state index < -0.39 is 0 Å². The number of amides is 1. The van der Waals surface area contributed by atoms with Crippen molar-refractivity contribution in [3.63, 3.8) is 0 Å². The van der Waals surface area contributed by atoms with Gasteiger partial charge in [0.1, 0.15) is 5.75 Å². The van der Waals surface area contributed by atoms with Crippen molar-refractivity contribution in [2.24, 2.45) is 0 Å². The predicted molar refractivity (Wildman–Crippen MR) is 95.8 cm³/mol. The Balaban J connectivity index is 1.69. The molecule has 5 nitrogen and oxygen atoms in total. The van der Waals surface area contributed by atoms with Crippen LogP contribution in [0.25, 0.3) is 0 Å². The first-order valence-corrected chi connectivity index (χ1v) is 8.39. The van der Waals surface area contributed by atoms with Crippen LogP contribution in [0.15, 0.2) is 36.4 Å². The number of ether oxygens (including phenoxy) is 3. The van der Waals surface area contributed by atoms with Gasteiger partial charge in [-0.25, -0.2) is 0 Å². The molecular weight excluding hydrogens is 318 g/mol. The molecule has 2 aromatic rings. The van der Waals surface area contributed by atoms with Gasteiger partial charge in [-0.15, -0.1) is 0 Å². The summed E-state index contributed by atoms with van der Waals surface area (Å²) in [6.07, 6.45) is 1.70. The zero-order valence-electron chi connectivity index (χ0n) is 14.8. The van der Waals surface area contributed by atoms with E-state index in [1.165, 1.54) is 18.2 Å². The normalized spacial score (nSPS) is 13.6.